The highest BCUT2D eigenvalue weighted by Crippen LogP contribution is 2.28. The van der Waals surface area contributed by atoms with Crippen LogP contribution in [0.25, 0.3) is 0 Å². The van der Waals surface area contributed by atoms with Crippen LogP contribution in [0.4, 0.5) is 5.82 Å². The lowest BCUT2D eigenvalue weighted by molar-refractivity contribution is 0.0417. The van der Waals surface area contributed by atoms with Crippen molar-refractivity contribution in [3.8, 4) is 0 Å². The number of ether oxygens (including phenoxy) is 1. The fourth-order valence-corrected chi connectivity index (χ4v) is 2.54. The molecule has 17 heavy (non-hydrogen) atoms. The van der Waals surface area contributed by atoms with Crippen LogP contribution in [-0.4, -0.2) is 46.7 Å². The van der Waals surface area contributed by atoms with Crippen molar-refractivity contribution in [1.29, 1.82) is 0 Å². The van der Waals surface area contributed by atoms with E-state index in [1.165, 1.54) is 6.20 Å². The number of hydrogen-bond donors (Lipinski definition) is 1. The lowest BCUT2D eigenvalue weighted by atomic mass is 10.2. The van der Waals surface area contributed by atoms with Crippen LogP contribution in [0.5, 0.6) is 0 Å². The van der Waals surface area contributed by atoms with Gasteiger partial charge in [0.05, 0.1) is 6.04 Å². The van der Waals surface area contributed by atoms with Crippen LogP contribution in [0.15, 0.2) is 12.4 Å². The van der Waals surface area contributed by atoms with E-state index in [-0.39, 0.29) is 18.2 Å². The predicted molar refractivity (Wildman–Crippen MR) is 60.5 cm³/mol. The van der Waals surface area contributed by atoms with Crippen molar-refractivity contribution >= 4 is 11.7 Å². The number of hydrogen-bond acceptors (Lipinski definition) is 5. The van der Waals surface area contributed by atoms with Crippen LogP contribution in [0.2, 0.25) is 0 Å². The third kappa shape index (κ3) is 1.56. The molecule has 6 heteroatoms. The summed E-state index contributed by atoms with van der Waals surface area (Å²) in [5.74, 6) is 0.460. The van der Waals surface area contributed by atoms with Crippen LogP contribution in [0, 0.1) is 0 Å². The average molecular weight is 234 g/mol. The van der Waals surface area contributed by atoms with Crippen molar-refractivity contribution in [3.63, 3.8) is 0 Å². The molecule has 0 bridgehead atoms. The van der Waals surface area contributed by atoms with Crippen LogP contribution >= 0.6 is 0 Å². The molecule has 0 radical (unpaired) electrons. The molecule has 2 atom stereocenters. The average Bonchev–Trinajstić information content (AvgIpc) is 2.81. The Hall–Kier alpha value is -1.69. The number of rotatable bonds is 1. The summed E-state index contributed by atoms with van der Waals surface area (Å²) in [7, 11) is 1.64. The third-order valence-corrected chi connectivity index (χ3v) is 3.34. The van der Waals surface area contributed by atoms with Gasteiger partial charge in [-0.05, 0) is 12.8 Å². The van der Waals surface area contributed by atoms with Crippen molar-refractivity contribution in [2.24, 2.45) is 0 Å². The first-order chi connectivity index (χ1) is 8.31. The van der Waals surface area contributed by atoms with Gasteiger partial charge >= 0.3 is 0 Å². The second-order valence-corrected chi connectivity index (χ2v) is 4.26. The van der Waals surface area contributed by atoms with Gasteiger partial charge in [0.1, 0.15) is 6.23 Å². The predicted octanol–water partition coefficient (Wildman–Crippen LogP) is 0.479. The number of carbonyl (C=O) groups is 1. The van der Waals surface area contributed by atoms with Gasteiger partial charge in [0.15, 0.2) is 11.5 Å². The SMILES string of the molecule is CO[C@H]1Nc2nccnc2C(=O)N2CCC[C@@H]12. The lowest BCUT2D eigenvalue weighted by Crippen LogP contribution is -2.44. The Morgan fingerprint density at radius 3 is 3.12 bits per heavy atom. The molecule has 6 nitrogen and oxygen atoms in total. The maximum absolute atomic E-state index is 12.3. The summed E-state index contributed by atoms with van der Waals surface area (Å²) < 4.78 is 5.42. The zero-order valence-corrected chi connectivity index (χ0v) is 9.59. The Balaban J connectivity index is 2.06. The lowest BCUT2D eigenvalue weighted by Gasteiger charge is -2.27. The van der Waals surface area contributed by atoms with E-state index in [0.29, 0.717) is 11.5 Å². The zero-order valence-electron chi connectivity index (χ0n) is 9.59. The van der Waals surface area contributed by atoms with E-state index >= 15 is 0 Å². The monoisotopic (exact) mass is 234 g/mol. The first kappa shape index (κ1) is 10.5. The van der Waals surface area contributed by atoms with E-state index in [0.717, 1.165) is 19.4 Å². The molecule has 1 aromatic rings. The van der Waals surface area contributed by atoms with Crippen molar-refractivity contribution in [2.75, 3.05) is 19.0 Å². The van der Waals surface area contributed by atoms with Gasteiger partial charge in [0.25, 0.3) is 5.91 Å². The van der Waals surface area contributed by atoms with Gasteiger partial charge in [-0.2, -0.15) is 0 Å². The molecule has 2 aliphatic heterocycles. The number of aromatic nitrogens is 2. The molecule has 0 unspecified atom stereocenters. The third-order valence-electron chi connectivity index (χ3n) is 3.34. The van der Waals surface area contributed by atoms with Gasteiger partial charge in [-0.3, -0.25) is 4.79 Å². The van der Waals surface area contributed by atoms with Crippen LogP contribution in [0.1, 0.15) is 23.3 Å². The first-order valence-corrected chi connectivity index (χ1v) is 5.72. The number of nitrogens with one attached hydrogen (secondary N) is 1. The van der Waals surface area contributed by atoms with E-state index in [1.807, 2.05) is 4.90 Å². The molecule has 90 valence electrons. The van der Waals surface area contributed by atoms with E-state index in [4.69, 9.17) is 4.74 Å². The van der Waals surface area contributed by atoms with E-state index < -0.39 is 0 Å². The minimum Gasteiger partial charge on any atom is -0.360 e. The molecule has 1 fully saturated rings. The first-order valence-electron chi connectivity index (χ1n) is 5.72. The number of carbonyl (C=O) groups excluding carboxylic acids is 1. The normalized spacial score (nSPS) is 27.1. The second-order valence-electron chi connectivity index (χ2n) is 4.26. The largest absolute Gasteiger partial charge is 0.360 e. The summed E-state index contributed by atoms with van der Waals surface area (Å²) >= 11 is 0. The summed E-state index contributed by atoms with van der Waals surface area (Å²) in [6, 6.07) is 0.0727. The maximum atomic E-state index is 12.3. The number of amides is 1. The highest BCUT2D eigenvalue weighted by atomic mass is 16.5. The van der Waals surface area contributed by atoms with Gasteiger partial charge in [-0.25, -0.2) is 9.97 Å². The highest BCUT2D eigenvalue weighted by Gasteiger charge is 2.40. The summed E-state index contributed by atoms with van der Waals surface area (Å²) in [6.07, 6.45) is 4.86. The summed E-state index contributed by atoms with van der Waals surface area (Å²) in [4.78, 5) is 22.4. The van der Waals surface area contributed by atoms with Crippen LogP contribution in [0.3, 0.4) is 0 Å². The second kappa shape index (κ2) is 3.96. The topological polar surface area (TPSA) is 67.3 Å². The van der Waals surface area contributed by atoms with Crippen LogP contribution in [-0.2, 0) is 4.74 Å². The Labute approximate surface area is 99.0 Å². The van der Waals surface area contributed by atoms with E-state index in [1.54, 1.807) is 13.3 Å². The molecule has 0 saturated carbocycles. The van der Waals surface area contributed by atoms with Crippen molar-refractivity contribution in [1.82, 2.24) is 14.9 Å². The molecule has 1 amide bonds. The Bertz CT molecular complexity index is 451. The minimum atomic E-state index is -0.209. The zero-order chi connectivity index (χ0) is 11.8. The molecule has 3 heterocycles. The number of nitrogens with zero attached hydrogens (tertiary/aromatic N) is 3. The summed E-state index contributed by atoms with van der Waals surface area (Å²) in [6.45, 7) is 0.765. The summed E-state index contributed by atoms with van der Waals surface area (Å²) in [5.41, 5.74) is 0.388. The van der Waals surface area contributed by atoms with Gasteiger partial charge in [0, 0.05) is 26.0 Å². The molecule has 1 aromatic heterocycles. The number of fused-ring (bicyclic) bond motifs is 2. The molecular weight excluding hydrogens is 220 g/mol. The minimum absolute atomic E-state index is 0.0531. The smallest absolute Gasteiger partial charge is 0.276 e. The van der Waals surface area contributed by atoms with E-state index in [2.05, 4.69) is 15.3 Å². The molecule has 0 aromatic carbocycles. The van der Waals surface area contributed by atoms with Gasteiger partial charge in [-0.15, -0.1) is 0 Å². The molecule has 0 aliphatic carbocycles. The van der Waals surface area contributed by atoms with Gasteiger partial charge < -0.3 is 15.0 Å². The Morgan fingerprint density at radius 2 is 2.29 bits per heavy atom. The molecule has 1 saturated heterocycles. The fraction of sp³-hybridized carbons (Fsp3) is 0.545. The number of anilines is 1. The molecule has 2 aliphatic rings. The quantitative estimate of drug-likeness (QED) is 0.765. The van der Waals surface area contributed by atoms with E-state index in [9.17, 15) is 4.79 Å². The van der Waals surface area contributed by atoms with Gasteiger partial charge in [0.2, 0.25) is 0 Å². The van der Waals surface area contributed by atoms with Gasteiger partial charge in [-0.1, -0.05) is 0 Å². The molecular formula is C11H14N4O2. The molecule has 0 spiro atoms. The van der Waals surface area contributed by atoms with Crippen molar-refractivity contribution in [3.05, 3.63) is 18.1 Å². The van der Waals surface area contributed by atoms with Crippen molar-refractivity contribution < 1.29 is 9.53 Å². The number of methoxy groups -OCH3 is 1. The molecule has 1 N–H and O–H groups in total. The van der Waals surface area contributed by atoms with Crippen LogP contribution < -0.4 is 5.32 Å². The standard InChI is InChI=1S/C11H14N4O2/c1-17-10-7-3-2-6-15(7)11(16)8-9(14-10)13-5-4-12-8/h4-5,7,10H,2-3,6H2,1H3,(H,13,14)/t7-,10+/m0/s1. The maximum Gasteiger partial charge on any atom is 0.276 e. The fourth-order valence-electron chi connectivity index (χ4n) is 2.54. The van der Waals surface area contributed by atoms with Crippen molar-refractivity contribution in [2.45, 2.75) is 25.1 Å². The molecule has 3 rings (SSSR count). The highest BCUT2D eigenvalue weighted by molar-refractivity contribution is 5.97. The Morgan fingerprint density at radius 1 is 1.47 bits per heavy atom. The summed E-state index contributed by atoms with van der Waals surface area (Å²) in [5, 5.41) is 3.15. The Kier molecular flexibility index (Phi) is 2.44.